The molecule has 0 radical (unpaired) electrons. The Morgan fingerprint density at radius 3 is 2.53 bits per heavy atom. The molecule has 0 atom stereocenters. The van der Waals surface area contributed by atoms with Gasteiger partial charge >= 0.3 is 6.18 Å². The Balaban J connectivity index is 1.58. The van der Waals surface area contributed by atoms with Crippen LogP contribution in [-0.4, -0.2) is 40.9 Å². The number of ether oxygens (including phenoxy) is 1. The van der Waals surface area contributed by atoms with Crippen molar-refractivity contribution in [2.45, 2.75) is 25.4 Å². The van der Waals surface area contributed by atoms with Gasteiger partial charge in [0, 0.05) is 25.7 Å². The highest BCUT2D eigenvalue weighted by atomic mass is 35.5. The average Bonchev–Trinajstić information content (AvgIpc) is 3.45. The van der Waals surface area contributed by atoms with E-state index in [1.54, 1.807) is 24.4 Å². The summed E-state index contributed by atoms with van der Waals surface area (Å²) in [4.78, 5) is 2.08. The van der Waals surface area contributed by atoms with Crippen LogP contribution in [0.1, 0.15) is 24.2 Å². The highest BCUT2D eigenvalue weighted by molar-refractivity contribution is 6.33. The lowest BCUT2D eigenvalue weighted by Crippen LogP contribution is -2.36. The van der Waals surface area contributed by atoms with Crippen molar-refractivity contribution in [1.82, 2.24) is 14.6 Å². The van der Waals surface area contributed by atoms with Crippen molar-refractivity contribution < 1.29 is 17.9 Å². The second kappa shape index (κ2) is 7.42. The molecule has 0 bridgehead atoms. The number of anilines is 1. The van der Waals surface area contributed by atoms with Gasteiger partial charge in [-0.15, -0.1) is 10.2 Å². The molecule has 5 nitrogen and oxygen atoms in total. The van der Waals surface area contributed by atoms with Gasteiger partial charge in [0.25, 0.3) is 0 Å². The summed E-state index contributed by atoms with van der Waals surface area (Å²) in [6, 6.07) is 6.53. The predicted molar refractivity (Wildman–Crippen MR) is 108 cm³/mol. The number of hydrogen-bond acceptors (Lipinski definition) is 4. The van der Waals surface area contributed by atoms with Crippen LogP contribution in [0.5, 0.6) is 0 Å². The van der Waals surface area contributed by atoms with Gasteiger partial charge in [0.05, 0.1) is 23.9 Å². The molecule has 9 heteroatoms. The number of fused-ring (bicyclic) bond motifs is 1. The molecule has 1 aliphatic carbocycles. The molecule has 3 heterocycles. The van der Waals surface area contributed by atoms with E-state index < -0.39 is 11.7 Å². The molecular formula is C21H20ClF3N4O. The highest BCUT2D eigenvalue weighted by Gasteiger charge is 2.38. The van der Waals surface area contributed by atoms with E-state index in [1.807, 2.05) is 0 Å². The third-order valence-corrected chi connectivity index (χ3v) is 6.01. The summed E-state index contributed by atoms with van der Waals surface area (Å²) in [6.45, 7) is 2.59. The van der Waals surface area contributed by atoms with Crippen LogP contribution in [0.25, 0.3) is 16.8 Å². The van der Waals surface area contributed by atoms with Crippen molar-refractivity contribution in [3.63, 3.8) is 0 Å². The Bertz CT molecular complexity index is 1090. The van der Waals surface area contributed by atoms with Crippen LogP contribution in [0.3, 0.4) is 0 Å². The maximum atomic E-state index is 14.1. The van der Waals surface area contributed by atoms with Crippen LogP contribution in [0.2, 0.25) is 5.02 Å². The third-order valence-electron chi connectivity index (χ3n) is 5.71. The number of rotatable bonds is 4. The van der Waals surface area contributed by atoms with Gasteiger partial charge in [0.1, 0.15) is 11.4 Å². The summed E-state index contributed by atoms with van der Waals surface area (Å²) < 4.78 is 49.1. The lowest BCUT2D eigenvalue weighted by atomic mass is 10.00. The Morgan fingerprint density at radius 1 is 1.10 bits per heavy atom. The fraction of sp³-hybridized carbons (Fsp3) is 0.429. The largest absolute Gasteiger partial charge is 0.420 e. The van der Waals surface area contributed by atoms with Crippen molar-refractivity contribution in [2.75, 3.05) is 31.2 Å². The van der Waals surface area contributed by atoms with E-state index in [-0.39, 0.29) is 11.2 Å². The number of halogens is 4. The zero-order chi connectivity index (χ0) is 20.9. The second-order valence-corrected chi connectivity index (χ2v) is 8.23. The van der Waals surface area contributed by atoms with Crippen LogP contribution in [0.15, 0.2) is 30.5 Å². The zero-order valence-corrected chi connectivity index (χ0v) is 16.9. The van der Waals surface area contributed by atoms with Gasteiger partial charge in [-0.25, -0.2) is 0 Å². The van der Waals surface area contributed by atoms with E-state index in [0.717, 1.165) is 18.5 Å². The standard InChI is InChI=1S/C21H20ClF3N4O/c22-16-12-14(3-4-17(16)28-7-9-30-10-8-28)15-5-6-29-18(11-13-1-2-13)26-27-20(29)19(15)21(23,24)25/h3-6,12-13H,1-2,7-11H2. The van der Waals surface area contributed by atoms with Crippen LogP contribution in [0, 0.1) is 5.92 Å². The number of benzene rings is 1. The summed E-state index contributed by atoms with van der Waals surface area (Å²) in [7, 11) is 0. The quantitative estimate of drug-likeness (QED) is 0.586. The molecule has 30 heavy (non-hydrogen) atoms. The predicted octanol–water partition coefficient (Wildman–Crippen LogP) is 4.86. The van der Waals surface area contributed by atoms with Gasteiger partial charge in [0.15, 0.2) is 5.65 Å². The van der Waals surface area contributed by atoms with Crippen LogP contribution < -0.4 is 4.90 Å². The summed E-state index contributed by atoms with van der Waals surface area (Å²) in [6.07, 6.45) is -0.114. The molecule has 0 N–H and O–H groups in total. The fourth-order valence-electron chi connectivity index (χ4n) is 3.98. The molecule has 1 aromatic carbocycles. The first-order valence-electron chi connectivity index (χ1n) is 9.98. The maximum absolute atomic E-state index is 14.1. The normalized spacial score (nSPS) is 17.7. The van der Waals surface area contributed by atoms with Gasteiger partial charge in [-0.05, 0) is 48.1 Å². The SMILES string of the molecule is FC(F)(F)c1c(-c2ccc(N3CCOCC3)c(Cl)c2)ccn2c(CC3CC3)nnc12. The fourth-order valence-corrected chi connectivity index (χ4v) is 4.28. The smallest absolute Gasteiger partial charge is 0.378 e. The molecular weight excluding hydrogens is 417 g/mol. The van der Waals surface area contributed by atoms with E-state index in [0.29, 0.717) is 55.1 Å². The molecule has 158 valence electrons. The minimum atomic E-state index is -4.57. The van der Waals surface area contributed by atoms with Crippen molar-refractivity contribution in [3.8, 4) is 11.1 Å². The first kappa shape index (κ1) is 19.6. The van der Waals surface area contributed by atoms with Crippen molar-refractivity contribution in [1.29, 1.82) is 0 Å². The van der Waals surface area contributed by atoms with Gasteiger partial charge < -0.3 is 9.64 Å². The minimum Gasteiger partial charge on any atom is -0.378 e. The monoisotopic (exact) mass is 436 g/mol. The Labute approximate surface area is 176 Å². The van der Waals surface area contributed by atoms with Crippen LogP contribution >= 0.6 is 11.6 Å². The van der Waals surface area contributed by atoms with Crippen molar-refractivity contribution in [3.05, 3.63) is 46.9 Å². The lowest BCUT2D eigenvalue weighted by molar-refractivity contribution is -0.136. The lowest BCUT2D eigenvalue weighted by Gasteiger charge is -2.29. The molecule has 1 saturated heterocycles. The molecule has 1 saturated carbocycles. The van der Waals surface area contributed by atoms with Gasteiger partial charge in [0.2, 0.25) is 0 Å². The molecule has 0 spiro atoms. The highest BCUT2D eigenvalue weighted by Crippen LogP contribution is 2.41. The molecule has 0 unspecified atom stereocenters. The summed E-state index contributed by atoms with van der Waals surface area (Å²) in [5.74, 6) is 1.07. The Kier molecular flexibility index (Phi) is 4.86. The topological polar surface area (TPSA) is 42.7 Å². The van der Waals surface area contributed by atoms with Gasteiger partial charge in [-0.1, -0.05) is 17.7 Å². The molecule has 2 aliphatic rings. The van der Waals surface area contributed by atoms with Crippen molar-refractivity contribution >= 4 is 22.9 Å². The van der Waals surface area contributed by atoms with E-state index in [1.165, 1.54) is 10.5 Å². The minimum absolute atomic E-state index is 0.0517. The summed E-state index contributed by atoms with van der Waals surface area (Å²) in [5.41, 5.74) is 0.306. The maximum Gasteiger partial charge on any atom is 0.420 e. The number of alkyl halides is 3. The van der Waals surface area contributed by atoms with Gasteiger partial charge in [-0.3, -0.25) is 4.40 Å². The number of hydrogen-bond donors (Lipinski definition) is 0. The van der Waals surface area contributed by atoms with E-state index in [9.17, 15) is 13.2 Å². The van der Waals surface area contributed by atoms with Crippen LogP contribution in [0.4, 0.5) is 18.9 Å². The first-order chi connectivity index (χ1) is 14.4. The molecule has 2 aromatic heterocycles. The molecule has 1 aliphatic heterocycles. The molecule has 5 rings (SSSR count). The Hall–Kier alpha value is -2.32. The first-order valence-corrected chi connectivity index (χ1v) is 10.4. The second-order valence-electron chi connectivity index (χ2n) is 7.83. The summed E-state index contributed by atoms with van der Waals surface area (Å²) >= 11 is 6.47. The number of aromatic nitrogens is 3. The van der Waals surface area contributed by atoms with Gasteiger partial charge in [-0.2, -0.15) is 13.2 Å². The van der Waals surface area contributed by atoms with E-state index in [2.05, 4.69) is 15.1 Å². The zero-order valence-electron chi connectivity index (χ0n) is 16.1. The average molecular weight is 437 g/mol. The number of morpholine rings is 1. The molecule has 0 amide bonds. The number of nitrogens with zero attached hydrogens (tertiary/aromatic N) is 4. The Morgan fingerprint density at radius 2 is 1.87 bits per heavy atom. The van der Waals surface area contributed by atoms with E-state index >= 15 is 0 Å². The number of pyridine rings is 1. The summed E-state index contributed by atoms with van der Waals surface area (Å²) in [5, 5.41) is 8.36. The third kappa shape index (κ3) is 3.63. The molecule has 2 fully saturated rings. The molecule has 3 aromatic rings. The van der Waals surface area contributed by atoms with E-state index in [4.69, 9.17) is 16.3 Å². The van der Waals surface area contributed by atoms with Crippen molar-refractivity contribution in [2.24, 2.45) is 5.92 Å². The van der Waals surface area contributed by atoms with Crippen LogP contribution in [-0.2, 0) is 17.3 Å².